The fraction of sp³-hybridized carbons (Fsp3) is 0.273. The van der Waals surface area contributed by atoms with Gasteiger partial charge in [-0.3, -0.25) is 0 Å². The Kier molecular flexibility index (Phi) is 9.45. The maximum absolute atomic E-state index is 11.8. The predicted molar refractivity (Wildman–Crippen MR) is 139 cm³/mol. The van der Waals surface area contributed by atoms with E-state index in [0.717, 1.165) is 33.9 Å². The smallest absolute Gasteiger partial charge is 0.191 e. The fourth-order valence-electron chi connectivity index (χ4n) is 3.03. The Morgan fingerprint density at radius 3 is 2.52 bits per heavy atom. The van der Waals surface area contributed by atoms with Crippen LogP contribution in [0.4, 0.5) is 0 Å². The van der Waals surface area contributed by atoms with Gasteiger partial charge in [0.05, 0.1) is 23.7 Å². The number of nitrogens with zero attached hydrogens (tertiary/aromatic N) is 2. The van der Waals surface area contributed by atoms with E-state index in [1.165, 1.54) is 6.26 Å². The molecule has 0 saturated carbocycles. The van der Waals surface area contributed by atoms with Crippen LogP contribution in [0.1, 0.15) is 23.1 Å². The van der Waals surface area contributed by atoms with E-state index in [2.05, 4.69) is 33.1 Å². The first-order valence-electron chi connectivity index (χ1n) is 9.68. The predicted octanol–water partition coefficient (Wildman–Crippen LogP) is 4.40. The van der Waals surface area contributed by atoms with Gasteiger partial charge in [-0.2, -0.15) is 0 Å². The molecule has 0 aliphatic heterocycles. The number of aromatic nitrogens is 1. The lowest BCUT2D eigenvalue weighted by Gasteiger charge is -2.11. The molecule has 0 aliphatic rings. The second-order valence-electron chi connectivity index (χ2n) is 6.91. The van der Waals surface area contributed by atoms with Crippen molar-refractivity contribution < 1.29 is 8.42 Å². The minimum atomic E-state index is -3.21. The van der Waals surface area contributed by atoms with Crippen molar-refractivity contribution in [1.82, 2.24) is 15.6 Å². The van der Waals surface area contributed by atoms with E-state index in [-0.39, 0.29) is 24.0 Å². The molecule has 0 bridgehead atoms. The first kappa shape index (κ1) is 25.3. The van der Waals surface area contributed by atoms with Crippen molar-refractivity contribution in [2.45, 2.75) is 31.8 Å². The topological polar surface area (TPSA) is 83.5 Å². The molecule has 0 saturated heterocycles. The van der Waals surface area contributed by atoms with Gasteiger partial charge in [0.15, 0.2) is 15.8 Å². The van der Waals surface area contributed by atoms with Crippen LogP contribution in [-0.4, -0.2) is 32.2 Å². The number of guanidine groups is 1. The molecule has 166 valence electrons. The van der Waals surface area contributed by atoms with Gasteiger partial charge in [0.25, 0.3) is 0 Å². The number of sulfone groups is 1. The number of hydrogen-bond donors (Lipinski definition) is 2. The van der Waals surface area contributed by atoms with E-state index >= 15 is 0 Å². The van der Waals surface area contributed by atoms with Crippen LogP contribution in [0.5, 0.6) is 0 Å². The van der Waals surface area contributed by atoms with Gasteiger partial charge in [-0.1, -0.05) is 42.5 Å². The molecule has 1 aromatic heterocycles. The minimum Gasteiger partial charge on any atom is -0.357 e. The van der Waals surface area contributed by atoms with Crippen molar-refractivity contribution in [3.63, 3.8) is 0 Å². The van der Waals surface area contributed by atoms with Crippen molar-refractivity contribution >= 4 is 51.1 Å². The highest BCUT2D eigenvalue weighted by atomic mass is 127. The van der Waals surface area contributed by atoms with Crippen LogP contribution in [0, 0.1) is 6.92 Å². The molecule has 2 aromatic carbocycles. The molecule has 9 heteroatoms. The van der Waals surface area contributed by atoms with Crippen molar-refractivity contribution in [3.05, 3.63) is 70.0 Å². The zero-order valence-corrected chi connectivity index (χ0v) is 21.7. The maximum atomic E-state index is 11.8. The Balaban J connectivity index is 0.00000341. The summed E-state index contributed by atoms with van der Waals surface area (Å²) >= 11 is 1.61. The summed E-state index contributed by atoms with van der Waals surface area (Å²) in [5, 5.41) is 9.58. The third-order valence-corrected chi connectivity index (χ3v) is 6.54. The largest absolute Gasteiger partial charge is 0.357 e. The SMILES string of the molecule is CCNC(=NCc1ccc(S(C)(=O)=O)c(C)c1)NCc1nc(-c2ccccc2)cs1.I. The summed E-state index contributed by atoms with van der Waals surface area (Å²) in [5.41, 5.74) is 3.77. The Labute approximate surface area is 205 Å². The monoisotopic (exact) mass is 570 g/mol. The molecule has 0 spiro atoms. The van der Waals surface area contributed by atoms with Crippen molar-refractivity contribution in [2.75, 3.05) is 12.8 Å². The molecule has 0 radical (unpaired) electrons. The molecule has 2 N–H and O–H groups in total. The standard InChI is InChI=1S/C22H26N4O2S2.HI/c1-4-23-22(24-13-17-10-11-20(16(2)12-17)30(3,27)28)25-14-21-26-19(15-29-21)18-8-6-5-7-9-18;/h5-12,15H,4,13-14H2,1-3H3,(H2,23,24,25);1H. The van der Waals surface area contributed by atoms with E-state index in [0.29, 0.717) is 23.9 Å². The third kappa shape index (κ3) is 7.29. The van der Waals surface area contributed by atoms with Crippen LogP contribution in [0.15, 0.2) is 63.8 Å². The van der Waals surface area contributed by atoms with Crippen LogP contribution in [0.2, 0.25) is 0 Å². The average Bonchev–Trinajstić information content (AvgIpc) is 3.19. The van der Waals surface area contributed by atoms with E-state index in [1.807, 2.05) is 37.3 Å². The Hall–Kier alpha value is -1.98. The summed E-state index contributed by atoms with van der Waals surface area (Å²) in [6.45, 7) is 5.59. The summed E-state index contributed by atoms with van der Waals surface area (Å²) in [7, 11) is -3.21. The van der Waals surface area contributed by atoms with Gasteiger partial charge in [0, 0.05) is 23.7 Å². The van der Waals surface area contributed by atoms with Gasteiger partial charge in [-0.25, -0.2) is 18.4 Å². The fourth-order valence-corrected chi connectivity index (χ4v) is 4.73. The van der Waals surface area contributed by atoms with Crippen LogP contribution in [0.3, 0.4) is 0 Å². The van der Waals surface area contributed by atoms with Gasteiger partial charge in [0.1, 0.15) is 5.01 Å². The number of rotatable bonds is 7. The Bertz CT molecular complexity index is 1130. The summed E-state index contributed by atoms with van der Waals surface area (Å²) in [4.78, 5) is 9.67. The third-order valence-electron chi connectivity index (χ3n) is 4.43. The number of hydrogen-bond acceptors (Lipinski definition) is 5. The second kappa shape index (κ2) is 11.6. The summed E-state index contributed by atoms with van der Waals surface area (Å²) in [6.07, 6.45) is 1.22. The highest BCUT2D eigenvalue weighted by Gasteiger charge is 2.11. The normalized spacial score (nSPS) is 11.6. The lowest BCUT2D eigenvalue weighted by molar-refractivity contribution is 0.601. The molecule has 0 amide bonds. The number of aliphatic imine (C=N–C) groups is 1. The van der Waals surface area contributed by atoms with E-state index in [1.54, 1.807) is 24.3 Å². The number of nitrogens with one attached hydrogen (secondary N) is 2. The van der Waals surface area contributed by atoms with E-state index < -0.39 is 9.84 Å². The molecule has 0 atom stereocenters. The van der Waals surface area contributed by atoms with Crippen molar-refractivity contribution in [2.24, 2.45) is 4.99 Å². The van der Waals surface area contributed by atoms with Gasteiger partial charge >= 0.3 is 0 Å². The lowest BCUT2D eigenvalue weighted by Crippen LogP contribution is -2.36. The van der Waals surface area contributed by atoms with Crippen LogP contribution in [-0.2, 0) is 22.9 Å². The molecular formula is C22H27IN4O2S2. The second-order valence-corrected chi connectivity index (χ2v) is 9.84. The van der Waals surface area contributed by atoms with Crippen molar-refractivity contribution in [1.29, 1.82) is 0 Å². The first-order chi connectivity index (χ1) is 14.4. The number of halogens is 1. The zero-order valence-electron chi connectivity index (χ0n) is 17.8. The minimum absolute atomic E-state index is 0. The highest BCUT2D eigenvalue weighted by Crippen LogP contribution is 2.21. The number of thiazole rings is 1. The molecule has 0 unspecified atom stereocenters. The lowest BCUT2D eigenvalue weighted by atomic mass is 10.1. The van der Waals surface area contributed by atoms with Gasteiger partial charge in [-0.05, 0) is 31.0 Å². The first-order valence-corrected chi connectivity index (χ1v) is 12.5. The van der Waals surface area contributed by atoms with Gasteiger partial charge in [0.2, 0.25) is 0 Å². The van der Waals surface area contributed by atoms with E-state index in [4.69, 9.17) is 4.98 Å². The molecule has 3 aromatic rings. The maximum Gasteiger partial charge on any atom is 0.191 e. The average molecular weight is 571 g/mol. The van der Waals surface area contributed by atoms with Crippen LogP contribution < -0.4 is 10.6 Å². The van der Waals surface area contributed by atoms with Gasteiger partial charge < -0.3 is 10.6 Å². The molecule has 31 heavy (non-hydrogen) atoms. The number of aryl methyl sites for hydroxylation is 1. The van der Waals surface area contributed by atoms with Crippen LogP contribution >= 0.6 is 35.3 Å². The Morgan fingerprint density at radius 1 is 1.13 bits per heavy atom. The molecule has 1 heterocycles. The van der Waals surface area contributed by atoms with Crippen LogP contribution in [0.25, 0.3) is 11.3 Å². The summed E-state index contributed by atoms with van der Waals surface area (Å²) < 4.78 is 23.6. The molecule has 3 rings (SSSR count). The van der Waals surface area contributed by atoms with Crippen molar-refractivity contribution in [3.8, 4) is 11.3 Å². The zero-order chi connectivity index (χ0) is 21.6. The molecule has 0 aliphatic carbocycles. The Morgan fingerprint density at radius 2 is 1.87 bits per heavy atom. The van der Waals surface area contributed by atoms with E-state index in [9.17, 15) is 8.42 Å². The molecule has 0 fully saturated rings. The molecule has 6 nitrogen and oxygen atoms in total. The molecular weight excluding hydrogens is 543 g/mol. The summed E-state index contributed by atoms with van der Waals surface area (Å²) in [5.74, 6) is 0.693. The number of benzene rings is 2. The highest BCUT2D eigenvalue weighted by molar-refractivity contribution is 14.0. The summed E-state index contributed by atoms with van der Waals surface area (Å²) in [6, 6.07) is 15.4. The van der Waals surface area contributed by atoms with Gasteiger partial charge in [-0.15, -0.1) is 35.3 Å². The quantitative estimate of drug-likeness (QED) is 0.250.